The van der Waals surface area contributed by atoms with Crippen LogP contribution < -0.4 is 5.32 Å². The van der Waals surface area contributed by atoms with Crippen LogP contribution in [0.25, 0.3) is 0 Å². The van der Waals surface area contributed by atoms with Crippen LogP contribution in [0, 0.1) is 0 Å². The first-order valence-electron chi connectivity index (χ1n) is 5.85. The van der Waals surface area contributed by atoms with Crippen LogP contribution in [-0.2, 0) is 11.3 Å². The molecule has 5 nitrogen and oxygen atoms in total. The highest BCUT2D eigenvalue weighted by Crippen LogP contribution is 2.39. The van der Waals surface area contributed by atoms with Gasteiger partial charge in [0.25, 0.3) is 0 Å². The number of carbonyl (C=O) groups is 1. The molecule has 0 saturated heterocycles. The van der Waals surface area contributed by atoms with Crippen molar-refractivity contribution in [2.24, 2.45) is 0 Å². The summed E-state index contributed by atoms with van der Waals surface area (Å²) in [4.78, 5) is 15.7. The number of rotatable bonds is 3. The van der Waals surface area contributed by atoms with Crippen molar-refractivity contribution >= 4 is 6.09 Å². The number of hydrogen-bond donors (Lipinski definition) is 1. The standard InChI is InChI=1S/C12H18N2O3/c1-12(2,3)17-11(15)13-6-10-14-9(7-16-10)8-4-5-8/h7-8H,4-6H2,1-3H3,(H,13,15). The summed E-state index contributed by atoms with van der Waals surface area (Å²) in [6, 6.07) is 0. The fourth-order valence-electron chi connectivity index (χ4n) is 1.43. The highest BCUT2D eigenvalue weighted by Gasteiger charge is 2.27. The topological polar surface area (TPSA) is 64.4 Å². The molecule has 0 bridgehead atoms. The van der Waals surface area contributed by atoms with Gasteiger partial charge in [0.15, 0.2) is 0 Å². The van der Waals surface area contributed by atoms with Crippen molar-refractivity contribution in [3.63, 3.8) is 0 Å². The quantitative estimate of drug-likeness (QED) is 0.879. The number of nitrogens with zero attached hydrogens (tertiary/aromatic N) is 1. The average Bonchev–Trinajstić information content (AvgIpc) is 2.93. The lowest BCUT2D eigenvalue weighted by Gasteiger charge is -2.19. The van der Waals surface area contributed by atoms with Gasteiger partial charge in [0.1, 0.15) is 11.9 Å². The number of nitrogens with one attached hydrogen (secondary N) is 1. The lowest BCUT2D eigenvalue weighted by Crippen LogP contribution is -2.32. The molecule has 17 heavy (non-hydrogen) atoms. The summed E-state index contributed by atoms with van der Waals surface area (Å²) < 4.78 is 10.4. The normalized spacial score (nSPS) is 15.7. The number of aromatic nitrogens is 1. The highest BCUT2D eigenvalue weighted by atomic mass is 16.6. The van der Waals surface area contributed by atoms with E-state index in [1.165, 1.54) is 12.8 Å². The maximum absolute atomic E-state index is 11.4. The second-order valence-electron chi connectivity index (χ2n) is 5.30. The first kappa shape index (κ1) is 12.0. The third kappa shape index (κ3) is 3.76. The molecule has 1 saturated carbocycles. The van der Waals surface area contributed by atoms with Gasteiger partial charge in [-0.2, -0.15) is 0 Å². The summed E-state index contributed by atoms with van der Waals surface area (Å²) >= 11 is 0. The van der Waals surface area contributed by atoms with Crippen molar-refractivity contribution in [2.75, 3.05) is 0 Å². The van der Waals surface area contributed by atoms with Crippen LogP contribution in [0.4, 0.5) is 4.79 Å². The van der Waals surface area contributed by atoms with E-state index in [0.29, 0.717) is 11.8 Å². The van der Waals surface area contributed by atoms with Gasteiger partial charge in [-0.1, -0.05) is 0 Å². The molecule has 2 rings (SSSR count). The molecule has 0 unspecified atom stereocenters. The third-order valence-electron chi connectivity index (χ3n) is 2.35. The Morgan fingerprint density at radius 2 is 2.29 bits per heavy atom. The van der Waals surface area contributed by atoms with E-state index in [2.05, 4.69) is 10.3 Å². The van der Waals surface area contributed by atoms with E-state index < -0.39 is 11.7 Å². The first-order valence-corrected chi connectivity index (χ1v) is 5.85. The Hall–Kier alpha value is -1.52. The molecule has 0 atom stereocenters. The zero-order valence-electron chi connectivity index (χ0n) is 10.4. The number of oxazole rings is 1. The Labute approximate surface area is 101 Å². The van der Waals surface area contributed by atoms with Crippen LogP contribution in [0.1, 0.15) is 51.1 Å². The average molecular weight is 238 g/mol. The number of hydrogen-bond acceptors (Lipinski definition) is 4. The summed E-state index contributed by atoms with van der Waals surface area (Å²) in [5, 5.41) is 2.61. The molecule has 0 spiro atoms. The van der Waals surface area contributed by atoms with Crippen LogP contribution in [0.3, 0.4) is 0 Å². The maximum atomic E-state index is 11.4. The summed E-state index contributed by atoms with van der Waals surface area (Å²) in [5.41, 5.74) is 0.505. The van der Waals surface area contributed by atoms with Crippen LogP contribution in [0.15, 0.2) is 10.7 Å². The van der Waals surface area contributed by atoms with Crippen LogP contribution in [-0.4, -0.2) is 16.7 Å². The molecule has 1 heterocycles. The smallest absolute Gasteiger partial charge is 0.408 e. The first-order chi connectivity index (χ1) is 7.94. The Bertz CT molecular complexity index is 402. The molecular formula is C12H18N2O3. The molecule has 1 aromatic rings. The van der Waals surface area contributed by atoms with Gasteiger partial charge in [-0.15, -0.1) is 0 Å². The van der Waals surface area contributed by atoms with E-state index in [0.717, 1.165) is 5.69 Å². The van der Waals surface area contributed by atoms with E-state index in [4.69, 9.17) is 9.15 Å². The summed E-state index contributed by atoms with van der Waals surface area (Å²) in [6.07, 6.45) is 3.59. The Morgan fingerprint density at radius 1 is 1.59 bits per heavy atom. The van der Waals surface area contributed by atoms with E-state index in [1.807, 2.05) is 20.8 Å². The van der Waals surface area contributed by atoms with Crippen LogP contribution in [0.2, 0.25) is 0 Å². The van der Waals surface area contributed by atoms with E-state index in [9.17, 15) is 4.79 Å². The minimum atomic E-state index is -0.486. The van der Waals surface area contributed by atoms with Gasteiger partial charge in [0, 0.05) is 5.92 Å². The lowest BCUT2D eigenvalue weighted by molar-refractivity contribution is 0.0519. The second kappa shape index (κ2) is 4.39. The molecule has 1 aliphatic rings. The van der Waals surface area contributed by atoms with E-state index in [-0.39, 0.29) is 6.54 Å². The largest absolute Gasteiger partial charge is 0.447 e. The molecule has 1 amide bonds. The number of alkyl carbamates (subject to hydrolysis) is 1. The van der Waals surface area contributed by atoms with Crippen molar-refractivity contribution in [3.05, 3.63) is 17.8 Å². The molecular weight excluding hydrogens is 220 g/mol. The second-order valence-corrected chi connectivity index (χ2v) is 5.30. The van der Waals surface area contributed by atoms with Crippen molar-refractivity contribution in [3.8, 4) is 0 Å². The molecule has 1 aliphatic carbocycles. The summed E-state index contributed by atoms with van der Waals surface area (Å²) in [7, 11) is 0. The molecule has 1 aromatic heterocycles. The molecule has 0 aliphatic heterocycles. The predicted molar refractivity (Wildman–Crippen MR) is 61.6 cm³/mol. The molecule has 1 fully saturated rings. The SMILES string of the molecule is CC(C)(C)OC(=O)NCc1nc(C2CC2)co1. The molecule has 94 valence electrons. The molecule has 5 heteroatoms. The van der Waals surface area contributed by atoms with E-state index >= 15 is 0 Å². The number of carbonyl (C=O) groups excluding carboxylic acids is 1. The van der Waals surface area contributed by atoms with Gasteiger partial charge in [-0.3, -0.25) is 0 Å². The molecule has 0 radical (unpaired) electrons. The van der Waals surface area contributed by atoms with Crippen molar-refractivity contribution in [1.82, 2.24) is 10.3 Å². The number of amides is 1. The van der Waals surface area contributed by atoms with Gasteiger partial charge in [0.2, 0.25) is 5.89 Å². The van der Waals surface area contributed by atoms with Crippen molar-refractivity contribution < 1.29 is 13.9 Å². The van der Waals surface area contributed by atoms with Crippen molar-refractivity contribution in [2.45, 2.75) is 51.7 Å². The fourth-order valence-corrected chi connectivity index (χ4v) is 1.43. The maximum Gasteiger partial charge on any atom is 0.408 e. The fraction of sp³-hybridized carbons (Fsp3) is 0.667. The van der Waals surface area contributed by atoms with Gasteiger partial charge in [0.05, 0.1) is 12.2 Å². The van der Waals surface area contributed by atoms with Crippen molar-refractivity contribution in [1.29, 1.82) is 0 Å². The van der Waals surface area contributed by atoms with Gasteiger partial charge in [-0.25, -0.2) is 9.78 Å². The highest BCUT2D eigenvalue weighted by molar-refractivity contribution is 5.67. The monoisotopic (exact) mass is 238 g/mol. The third-order valence-corrected chi connectivity index (χ3v) is 2.35. The van der Waals surface area contributed by atoms with Gasteiger partial charge in [-0.05, 0) is 33.6 Å². The summed E-state index contributed by atoms with van der Waals surface area (Å²) in [6.45, 7) is 5.73. The Balaban J connectivity index is 1.78. The minimum Gasteiger partial charge on any atom is -0.447 e. The molecule has 1 N–H and O–H groups in total. The lowest BCUT2D eigenvalue weighted by atomic mass is 10.2. The van der Waals surface area contributed by atoms with Gasteiger partial charge >= 0.3 is 6.09 Å². The summed E-state index contributed by atoms with van der Waals surface area (Å²) in [5.74, 6) is 1.09. The van der Waals surface area contributed by atoms with Crippen LogP contribution in [0.5, 0.6) is 0 Å². The number of ether oxygens (including phenoxy) is 1. The van der Waals surface area contributed by atoms with Crippen LogP contribution >= 0.6 is 0 Å². The van der Waals surface area contributed by atoms with Gasteiger partial charge < -0.3 is 14.5 Å². The van der Waals surface area contributed by atoms with E-state index in [1.54, 1.807) is 6.26 Å². The Kier molecular flexibility index (Phi) is 3.09. The predicted octanol–water partition coefficient (Wildman–Crippen LogP) is 2.58. The minimum absolute atomic E-state index is 0.266. The zero-order chi connectivity index (χ0) is 12.5. The Morgan fingerprint density at radius 3 is 2.88 bits per heavy atom. The zero-order valence-corrected chi connectivity index (χ0v) is 10.4. The molecule has 0 aromatic carbocycles.